The monoisotopic (exact) mass is 367 g/mol. The van der Waals surface area contributed by atoms with Crippen molar-refractivity contribution in [2.75, 3.05) is 19.8 Å². The van der Waals surface area contributed by atoms with Gasteiger partial charge < -0.3 is 4.74 Å². The van der Waals surface area contributed by atoms with E-state index in [4.69, 9.17) is 4.74 Å². The molecule has 114 valence electrons. The molecule has 1 aromatic rings. The van der Waals surface area contributed by atoms with Crippen molar-refractivity contribution >= 4 is 26.0 Å². The van der Waals surface area contributed by atoms with Gasteiger partial charge in [-0.05, 0) is 46.5 Å². The molecule has 20 heavy (non-hydrogen) atoms. The quantitative estimate of drug-likeness (QED) is 0.718. The Balaban J connectivity index is 2.43. The number of halogens is 2. The van der Waals surface area contributed by atoms with E-state index >= 15 is 0 Å². The van der Waals surface area contributed by atoms with Crippen molar-refractivity contribution in [3.05, 3.63) is 28.5 Å². The van der Waals surface area contributed by atoms with Gasteiger partial charge in [0, 0.05) is 19.8 Å². The molecule has 0 unspecified atom stereocenters. The first-order chi connectivity index (χ1) is 9.33. The second-order valence-electron chi connectivity index (χ2n) is 4.80. The summed E-state index contributed by atoms with van der Waals surface area (Å²) in [5.41, 5.74) is 0. The van der Waals surface area contributed by atoms with Gasteiger partial charge in [-0.15, -0.1) is 0 Å². The number of hydrogen-bond donors (Lipinski definition) is 1. The maximum absolute atomic E-state index is 13.3. The molecule has 0 aromatic heterocycles. The predicted octanol–water partition coefficient (Wildman–Crippen LogP) is 2.93. The van der Waals surface area contributed by atoms with E-state index in [0.29, 0.717) is 25.6 Å². The Morgan fingerprint density at radius 3 is 2.70 bits per heavy atom. The van der Waals surface area contributed by atoms with Crippen LogP contribution in [0.4, 0.5) is 4.39 Å². The zero-order chi connectivity index (χ0) is 15.2. The summed E-state index contributed by atoms with van der Waals surface area (Å²) in [5, 5.41) is 0. The molecule has 0 saturated carbocycles. The maximum atomic E-state index is 13.3. The van der Waals surface area contributed by atoms with Crippen molar-refractivity contribution < 1.29 is 17.5 Å². The van der Waals surface area contributed by atoms with E-state index in [1.54, 1.807) is 0 Å². The Hall–Kier alpha value is -0.500. The molecule has 0 heterocycles. The van der Waals surface area contributed by atoms with E-state index in [0.717, 1.165) is 6.07 Å². The first-order valence-corrected chi connectivity index (χ1v) is 8.63. The first kappa shape index (κ1) is 17.6. The van der Waals surface area contributed by atoms with E-state index < -0.39 is 15.8 Å². The highest BCUT2D eigenvalue weighted by atomic mass is 79.9. The summed E-state index contributed by atoms with van der Waals surface area (Å²) in [6, 6.07) is 3.71. The minimum absolute atomic E-state index is 0.0821. The standard InChI is InChI=1S/C13H19BrFNO3S/c1-10(2)9-19-7-3-6-16-20(17,18)11-4-5-12(14)13(15)8-11/h4-5,8,10,16H,3,6-7,9H2,1-2H3. The largest absolute Gasteiger partial charge is 0.381 e. The lowest BCUT2D eigenvalue weighted by atomic mass is 10.2. The molecule has 0 aliphatic heterocycles. The van der Waals surface area contributed by atoms with Crippen molar-refractivity contribution in [2.45, 2.75) is 25.2 Å². The molecule has 0 fully saturated rings. The van der Waals surface area contributed by atoms with Gasteiger partial charge in [-0.1, -0.05) is 13.8 Å². The van der Waals surface area contributed by atoms with E-state index in [1.807, 2.05) is 13.8 Å². The summed E-state index contributed by atoms with van der Waals surface area (Å²) in [4.78, 5) is -0.0821. The lowest BCUT2D eigenvalue weighted by Gasteiger charge is -2.09. The van der Waals surface area contributed by atoms with Crippen molar-refractivity contribution in [3.8, 4) is 0 Å². The molecule has 0 aliphatic carbocycles. The molecular formula is C13H19BrFNO3S. The van der Waals surface area contributed by atoms with Crippen LogP contribution in [0.2, 0.25) is 0 Å². The normalized spacial score (nSPS) is 12.1. The van der Waals surface area contributed by atoms with Crippen molar-refractivity contribution in [2.24, 2.45) is 5.92 Å². The molecule has 1 rings (SSSR count). The highest BCUT2D eigenvalue weighted by molar-refractivity contribution is 9.10. The molecule has 0 aliphatic rings. The third-order valence-corrected chi connectivity index (χ3v) is 4.51. The van der Waals surface area contributed by atoms with Gasteiger partial charge in [0.2, 0.25) is 10.0 Å². The zero-order valence-electron chi connectivity index (χ0n) is 11.5. The fraction of sp³-hybridized carbons (Fsp3) is 0.538. The predicted molar refractivity (Wildman–Crippen MR) is 79.6 cm³/mol. The fourth-order valence-corrected chi connectivity index (χ4v) is 2.76. The molecule has 0 saturated heterocycles. The van der Waals surface area contributed by atoms with Crippen LogP contribution in [-0.4, -0.2) is 28.2 Å². The van der Waals surface area contributed by atoms with Gasteiger partial charge in [0.05, 0.1) is 9.37 Å². The molecule has 0 bridgehead atoms. The van der Waals surface area contributed by atoms with E-state index in [9.17, 15) is 12.8 Å². The number of rotatable bonds is 8. The van der Waals surface area contributed by atoms with Crippen molar-refractivity contribution in [1.82, 2.24) is 4.72 Å². The topological polar surface area (TPSA) is 55.4 Å². The summed E-state index contributed by atoms with van der Waals surface area (Å²) in [6.07, 6.45) is 0.574. The van der Waals surface area contributed by atoms with E-state index in [2.05, 4.69) is 20.7 Å². The van der Waals surface area contributed by atoms with Crippen LogP contribution in [0.25, 0.3) is 0 Å². The number of benzene rings is 1. The molecular weight excluding hydrogens is 349 g/mol. The van der Waals surface area contributed by atoms with Crippen LogP contribution in [0.3, 0.4) is 0 Å². The van der Waals surface area contributed by atoms with Gasteiger partial charge in [-0.25, -0.2) is 17.5 Å². The van der Waals surface area contributed by atoms with Gasteiger partial charge in [-0.2, -0.15) is 0 Å². The molecule has 1 aromatic carbocycles. The van der Waals surface area contributed by atoms with Gasteiger partial charge in [0.1, 0.15) is 5.82 Å². The Labute approximate surface area is 127 Å². The summed E-state index contributed by atoms with van der Waals surface area (Å²) in [6.45, 7) is 5.51. The van der Waals surface area contributed by atoms with Crippen LogP contribution in [0.1, 0.15) is 20.3 Å². The van der Waals surface area contributed by atoms with Crippen LogP contribution in [0.5, 0.6) is 0 Å². The Morgan fingerprint density at radius 1 is 1.40 bits per heavy atom. The van der Waals surface area contributed by atoms with Crippen LogP contribution < -0.4 is 4.72 Å². The second-order valence-corrected chi connectivity index (χ2v) is 7.42. The van der Waals surface area contributed by atoms with Crippen LogP contribution >= 0.6 is 15.9 Å². The Bertz CT molecular complexity index is 534. The SMILES string of the molecule is CC(C)COCCCNS(=O)(=O)c1ccc(Br)c(F)c1. The Morgan fingerprint density at radius 2 is 2.10 bits per heavy atom. The maximum Gasteiger partial charge on any atom is 0.240 e. The van der Waals surface area contributed by atoms with E-state index in [-0.39, 0.29) is 15.9 Å². The first-order valence-electron chi connectivity index (χ1n) is 6.35. The third-order valence-electron chi connectivity index (χ3n) is 2.41. The fourth-order valence-electron chi connectivity index (χ4n) is 1.43. The molecule has 4 nitrogen and oxygen atoms in total. The van der Waals surface area contributed by atoms with Crippen LogP contribution in [0.15, 0.2) is 27.6 Å². The van der Waals surface area contributed by atoms with Gasteiger partial charge in [0.15, 0.2) is 0 Å². The number of ether oxygens (including phenoxy) is 1. The number of sulfonamides is 1. The molecule has 0 amide bonds. The summed E-state index contributed by atoms with van der Waals surface area (Å²) in [7, 11) is -3.67. The number of hydrogen-bond acceptors (Lipinski definition) is 3. The minimum atomic E-state index is -3.67. The van der Waals surface area contributed by atoms with Gasteiger partial charge in [-0.3, -0.25) is 0 Å². The third kappa shape index (κ3) is 5.87. The summed E-state index contributed by atoms with van der Waals surface area (Å²) >= 11 is 2.98. The highest BCUT2D eigenvalue weighted by Gasteiger charge is 2.15. The molecule has 1 N–H and O–H groups in total. The van der Waals surface area contributed by atoms with Gasteiger partial charge in [0.25, 0.3) is 0 Å². The second kappa shape index (κ2) is 8.07. The van der Waals surface area contributed by atoms with Crippen molar-refractivity contribution in [1.29, 1.82) is 0 Å². The molecule has 7 heteroatoms. The summed E-state index contributed by atoms with van der Waals surface area (Å²) < 4.78 is 45.1. The van der Waals surface area contributed by atoms with Gasteiger partial charge >= 0.3 is 0 Å². The highest BCUT2D eigenvalue weighted by Crippen LogP contribution is 2.19. The Kier molecular flexibility index (Phi) is 7.08. The molecule has 0 radical (unpaired) electrons. The van der Waals surface area contributed by atoms with E-state index in [1.165, 1.54) is 12.1 Å². The molecule has 0 atom stereocenters. The van der Waals surface area contributed by atoms with Crippen LogP contribution in [-0.2, 0) is 14.8 Å². The van der Waals surface area contributed by atoms with Crippen molar-refractivity contribution in [3.63, 3.8) is 0 Å². The number of nitrogens with one attached hydrogen (secondary N) is 1. The van der Waals surface area contributed by atoms with Crippen LogP contribution in [0, 0.1) is 11.7 Å². The summed E-state index contributed by atoms with van der Waals surface area (Å²) in [5.74, 6) is -0.148. The smallest absolute Gasteiger partial charge is 0.240 e. The zero-order valence-corrected chi connectivity index (χ0v) is 13.9. The lowest BCUT2D eigenvalue weighted by molar-refractivity contribution is 0.108. The lowest BCUT2D eigenvalue weighted by Crippen LogP contribution is -2.25. The average molecular weight is 368 g/mol. The minimum Gasteiger partial charge on any atom is -0.381 e. The molecule has 0 spiro atoms. The average Bonchev–Trinajstić information content (AvgIpc) is 2.36.